The number of carbonyl (C=O) groups excluding carboxylic acids is 1. The number of aromatic nitrogens is 4. The molecule has 0 aliphatic carbocycles. The molecule has 24 heavy (non-hydrogen) atoms. The van der Waals surface area contributed by atoms with E-state index in [0.717, 1.165) is 5.56 Å². The topological polar surface area (TPSA) is 64.7 Å². The molecule has 1 N–H and O–H groups in total. The van der Waals surface area contributed by atoms with E-state index >= 15 is 0 Å². The molecule has 2 heterocycles. The molecule has 124 valence electrons. The highest BCUT2D eigenvalue weighted by molar-refractivity contribution is 6.34. The van der Waals surface area contributed by atoms with Gasteiger partial charge in [-0.3, -0.25) is 14.2 Å². The summed E-state index contributed by atoms with van der Waals surface area (Å²) in [5, 5.41) is 11.3. The first-order valence-corrected chi connectivity index (χ1v) is 7.59. The Kier molecular flexibility index (Phi) is 4.35. The molecule has 0 aliphatic heterocycles. The Hall–Kier alpha value is -2.67. The first-order chi connectivity index (χ1) is 11.4. The van der Waals surface area contributed by atoms with Crippen molar-refractivity contribution in [1.82, 2.24) is 19.6 Å². The molecule has 2 aromatic heterocycles. The monoisotopic (exact) mass is 347 g/mol. The number of nitrogens with one attached hydrogen (secondary N) is 1. The Labute approximate surface area is 142 Å². The Morgan fingerprint density at radius 3 is 2.88 bits per heavy atom. The summed E-state index contributed by atoms with van der Waals surface area (Å²) in [7, 11) is 1.72. The van der Waals surface area contributed by atoms with Crippen LogP contribution in [0.15, 0.2) is 36.7 Å². The van der Waals surface area contributed by atoms with Gasteiger partial charge in [0.1, 0.15) is 5.82 Å². The Bertz CT molecular complexity index is 902. The van der Waals surface area contributed by atoms with Gasteiger partial charge in [-0.25, -0.2) is 4.39 Å². The Balaban J connectivity index is 1.71. The third-order valence-corrected chi connectivity index (χ3v) is 4.05. The van der Waals surface area contributed by atoms with Crippen LogP contribution in [0.2, 0.25) is 5.02 Å². The third-order valence-electron chi connectivity index (χ3n) is 3.60. The summed E-state index contributed by atoms with van der Waals surface area (Å²) in [6.07, 6.45) is 3.17. The fourth-order valence-corrected chi connectivity index (χ4v) is 2.50. The lowest BCUT2D eigenvalue weighted by Crippen LogP contribution is -2.13. The van der Waals surface area contributed by atoms with Crippen LogP contribution in [0.3, 0.4) is 0 Å². The number of halogens is 2. The standard InChI is InChI=1S/C16H15ClFN5O/c1-10-14(17)15(21-22(10)2)16(24)20-13-7-19-23(9-13)8-11-4-3-5-12(18)6-11/h3-7,9H,8H2,1-2H3,(H,20,24). The van der Waals surface area contributed by atoms with Crippen LogP contribution in [0.4, 0.5) is 10.1 Å². The van der Waals surface area contributed by atoms with Gasteiger partial charge in [0.15, 0.2) is 5.69 Å². The van der Waals surface area contributed by atoms with Crippen LogP contribution in [0.5, 0.6) is 0 Å². The number of hydrogen-bond donors (Lipinski definition) is 1. The maximum absolute atomic E-state index is 13.2. The van der Waals surface area contributed by atoms with Crippen LogP contribution in [0.25, 0.3) is 0 Å². The van der Waals surface area contributed by atoms with Crippen molar-refractivity contribution in [2.24, 2.45) is 7.05 Å². The molecule has 0 spiro atoms. The van der Waals surface area contributed by atoms with E-state index in [2.05, 4.69) is 15.5 Å². The van der Waals surface area contributed by atoms with Crippen molar-refractivity contribution in [1.29, 1.82) is 0 Å². The molecular formula is C16H15ClFN5O. The van der Waals surface area contributed by atoms with Gasteiger partial charge in [-0.05, 0) is 24.6 Å². The van der Waals surface area contributed by atoms with Crippen molar-refractivity contribution in [3.05, 3.63) is 64.5 Å². The normalized spacial score (nSPS) is 10.8. The minimum Gasteiger partial charge on any atom is -0.318 e. The van der Waals surface area contributed by atoms with Gasteiger partial charge < -0.3 is 5.32 Å². The molecular weight excluding hydrogens is 333 g/mol. The van der Waals surface area contributed by atoms with Crippen LogP contribution in [0, 0.1) is 12.7 Å². The summed E-state index contributed by atoms with van der Waals surface area (Å²) in [4.78, 5) is 12.3. The first-order valence-electron chi connectivity index (χ1n) is 7.21. The van der Waals surface area contributed by atoms with Crippen LogP contribution in [0.1, 0.15) is 21.7 Å². The predicted molar refractivity (Wildman–Crippen MR) is 88.6 cm³/mol. The summed E-state index contributed by atoms with van der Waals surface area (Å²) in [6.45, 7) is 2.18. The van der Waals surface area contributed by atoms with Crippen LogP contribution in [-0.4, -0.2) is 25.5 Å². The minimum atomic E-state index is -0.408. The average molecular weight is 348 g/mol. The van der Waals surface area contributed by atoms with Gasteiger partial charge in [-0.2, -0.15) is 10.2 Å². The molecule has 0 fully saturated rings. The Morgan fingerprint density at radius 1 is 1.42 bits per heavy atom. The van der Waals surface area contributed by atoms with Crippen molar-refractivity contribution >= 4 is 23.2 Å². The second-order valence-corrected chi connectivity index (χ2v) is 5.76. The molecule has 6 nitrogen and oxygen atoms in total. The highest BCUT2D eigenvalue weighted by Crippen LogP contribution is 2.20. The van der Waals surface area contributed by atoms with Crippen molar-refractivity contribution in [3.8, 4) is 0 Å². The number of carbonyl (C=O) groups is 1. The molecule has 0 aliphatic rings. The summed E-state index contributed by atoms with van der Waals surface area (Å²) >= 11 is 6.10. The summed E-state index contributed by atoms with van der Waals surface area (Å²) in [5.41, 5.74) is 2.16. The van der Waals surface area contributed by atoms with Crippen molar-refractivity contribution in [2.45, 2.75) is 13.5 Å². The molecule has 0 bridgehead atoms. The van der Waals surface area contributed by atoms with E-state index in [1.807, 2.05) is 0 Å². The highest BCUT2D eigenvalue weighted by Gasteiger charge is 2.18. The number of aryl methyl sites for hydroxylation is 1. The molecule has 0 atom stereocenters. The molecule has 0 radical (unpaired) electrons. The molecule has 0 saturated carbocycles. The second-order valence-electron chi connectivity index (χ2n) is 5.38. The minimum absolute atomic E-state index is 0.162. The molecule has 1 aromatic carbocycles. The molecule has 1 amide bonds. The maximum Gasteiger partial charge on any atom is 0.277 e. The van der Waals surface area contributed by atoms with E-state index in [1.165, 1.54) is 18.3 Å². The SMILES string of the molecule is Cc1c(Cl)c(C(=O)Nc2cnn(Cc3cccc(F)c3)c2)nn1C. The largest absolute Gasteiger partial charge is 0.318 e. The van der Waals surface area contributed by atoms with Crippen LogP contribution >= 0.6 is 11.6 Å². The average Bonchev–Trinajstić information content (AvgIpc) is 3.07. The molecule has 0 unspecified atom stereocenters. The van der Waals surface area contributed by atoms with Gasteiger partial charge in [0.05, 0.1) is 29.1 Å². The summed E-state index contributed by atoms with van der Waals surface area (Å²) in [6, 6.07) is 6.27. The number of amides is 1. The van der Waals surface area contributed by atoms with E-state index in [9.17, 15) is 9.18 Å². The van der Waals surface area contributed by atoms with E-state index in [1.54, 1.807) is 41.7 Å². The van der Waals surface area contributed by atoms with Gasteiger partial charge >= 0.3 is 0 Å². The lowest BCUT2D eigenvalue weighted by molar-refractivity contribution is 0.102. The predicted octanol–water partition coefficient (Wildman–Crippen LogP) is 3.02. The summed E-state index contributed by atoms with van der Waals surface area (Å²) < 4.78 is 16.4. The molecule has 3 aromatic rings. The van der Waals surface area contributed by atoms with Crippen molar-refractivity contribution < 1.29 is 9.18 Å². The van der Waals surface area contributed by atoms with Gasteiger partial charge in [0.25, 0.3) is 5.91 Å². The van der Waals surface area contributed by atoms with Crippen LogP contribution < -0.4 is 5.32 Å². The summed E-state index contributed by atoms with van der Waals surface area (Å²) in [5.74, 6) is -0.706. The third kappa shape index (κ3) is 3.30. The highest BCUT2D eigenvalue weighted by atomic mass is 35.5. The van der Waals surface area contributed by atoms with E-state index < -0.39 is 5.91 Å². The number of hydrogen-bond acceptors (Lipinski definition) is 3. The lowest BCUT2D eigenvalue weighted by Gasteiger charge is -2.02. The van der Waals surface area contributed by atoms with Gasteiger partial charge in [-0.15, -0.1) is 0 Å². The molecule has 0 saturated heterocycles. The van der Waals surface area contributed by atoms with Gasteiger partial charge in [0, 0.05) is 13.2 Å². The van der Waals surface area contributed by atoms with Gasteiger partial charge in [0.2, 0.25) is 0 Å². The molecule has 3 rings (SSSR count). The fourth-order valence-electron chi connectivity index (χ4n) is 2.25. The van der Waals surface area contributed by atoms with Crippen molar-refractivity contribution in [3.63, 3.8) is 0 Å². The smallest absolute Gasteiger partial charge is 0.277 e. The fraction of sp³-hybridized carbons (Fsp3) is 0.188. The van der Waals surface area contributed by atoms with E-state index in [4.69, 9.17) is 11.6 Å². The van der Waals surface area contributed by atoms with E-state index in [-0.39, 0.29) is 11.5 Å². The van der Waals surface area contributed by atoms with Gasteiger partial charge in [-0.1, -0.05) is 23.7 Å². The second kappa shape index (κ2) is 6.45. The molecule has 8 heteroatoms. The van der Waals surface area contributed by atoms with Crippen molar-refractivity contribution in [2.75, 3.05) is 5.32 Å². The Morgan fingerprint density at radius 2 is 2.21 bits per heavy atom. The maximum atomic E-state index is 13.2. The number of anilines is 1. The van der Waals surface area contributed by atoms with Crippen LogP contribution in [-0.2, 0) is 13.6 Å². The zero-order chi connectivity index (χ0) is 17.3. The lowest BCUT2D eigenvalue weighted by atomic mass is 10.2. The number of nitrogens with zero attached hydrogens (tertiary/aromatic N) is 4. The number of rotatable bonds is 4. The first kappa shape index (κ1) is 16.2. The zero-order valence-corrected chi connectivity index (χ0v) is 13.9. The number of benzene rings is 1. The van der Waals surface area contributed by atoms with E-state index in [0.29, 0.717) is 22.9 Å². The quantitative estimate of drug-likeness (QED) is 0.789. The zero-order valence-electron chi connectivity index (χ0n) is 13.1.